The molecular formula is C24H27N5O2. The number of benzene rings is 2. The third-order valence-electron chi connectivity index (χ3n) is 6.38. The molecule has 3 heterocycles. The van der Waals surface area contributed by atoms with Crippen molar-refractivity contribution >= 4 is 11.6 Å². The van der Waals surface area contributed by atoms with Crippen molar-refractivity contribution in [2.75, 3.05) is 38.2 Å². The molecule has 0 aliphatic carbocycles. The van der Waals surface area contributed by atoms with E-state index in [2.05, 4.69) is 39.5 Å². The molecule has 1 atom stereocenters. The number of methoxy groups -OCH3 is 1. The third kappa shape index (κ3) is 3.55. The highest BCUT2D eigenvalue weighted by Crippen LogP contribution is 2.40. The van der Waals surface area contributed by atoms with Crippen molar-refractivity contribution in [2.45, 2.75) is 19.5 Å². The number of nitrogens with zero attached hydrogens (tertiary/aromatic N) is 3. The van der Waals surface area contributed by atoms with Crippen LogP contribution in [0.15, 0.2) is 48.8 Å². The number of carbonyl (C=O) groups excluding carboxylic acids is 1. The van der Waals surface area contributed by atoms with E-state index in [0.29, 0.717) is 6.54 Å². The topological polar surface area (TPSA) is 73.5 Å². The van der Waals surface area contributed by atoms with Crippen LogP contribution in [0.3, 0.4) is 0 Å². The van der Waals surface area contributed by atoms with Gasteiger partial charge < -0.3 is 19.9 Å². The number of nitrogens with one attached hydrogen (secondary N) is 2. The van der Waals surface area contributed by atoms with Gasteiger partial charge in [-0.1, -0.05) is 12.1 Å². The van der Waals surface area contributed by atoms with Crippen molar-refractivity contribution in [3.8, 4) is 16.9 Å². The number of carbonyl (C=O) groups is 1. The lowest BCUT2D eigenvalue weighted by Gasteiger charge is -2.31. The molecule has 0 saturated carbocycles. The first-order valence-corrected chi connectivity index (χ1v) is 10.7. The molecule has 2 aliphatic heterocycles. The monoisotopic (exact) mass is 417 g/mol. The molecule has 0 radical (unpaired) electrons. The van der Waals surface area contributed by atoms with Crippen molar-refractivity contribution < 1.29 is 9.53 Å². The fourth-order valence-corrected chi connectivity index (χ4v) is 4.57. The van der Waals surface area contributed by atoms with E-state index in [1.54, 1.807) is 13.3 Å². The Bertz CT molecular complexity index is 1090. The Balaban J connectivity index is 1.54. The zero-order valence-electron chi connectivity index (χ0n) is 17.9. The molecule has 2 aliphatic rings. The van der Waals surface area contributed by atoms with Crippen LogP contribution in [0.1, 0.15) is 34.5 Å². The molecule has 1 aromatic heterocycles. The SMILES string of the molecule is COc1cccc([C@@H](C)N2Cc3c(cc(-c4cn[nH]c4)cc3N3CCNCC3)C2=O)c1. The summed E-state index contributed by atoms with van der Waals surface area (Å²) >= 11 is 0. The fraction of sp³-hybridized carbons (Fsp3) is 0.333. The molecule has 3 aromatic rings. The lowest BCUT2D eigenvalue weighted by atomic mass is 9.99. The molecule has 7 heteroatoms. The number of fused-ring (bicyclic) bond motifs is 1. The van der Waals surface area contributed by atoms with Crippen LogP contribution in [-0.2, 0) is 6.54 Å². The standard InChI is InChI=1S/C24H27N5O2/c1-16(17-4-3-5-20(10-17)31-2)29-15-22-21(24(29)30)11-18(19-13-26-27-14-19)12-23(22)28-8-6-25-7-9-28/h3-5,10-14,16,25H,6-9,15H2,1-2H3,(H,26,27)/t16-/m1/s1. The molecule has 5 rings (SSSR count). The predicted octanol–water partition coefficient (Wildman–Crippen LogP) is 3.21. The minimum atomic E-state index is -0.0525. The quantitative estimate of drug-likeness (QED) is 0.667. The van der Waals surface area contributed by atoms with E-state index in [1.165, 1.54) is 0 Å². The Hall–Kier alpha value is -3.32. The lowest BCUT2D eigenvalue weighted by molar-refractivity contribution is 0.0715. The molecule has 1 amide bonds. The number of ether oxygens (including phenoxy) is 1. The molecule has 0 spiro atoms. The first kappa shape index (κ1) is 19.6. The van der Waals surface area contributed by atoms with Gasteiger partial charge in [0, 0.05) is 61.3 Å². The Kier molecular flexibility index (Phi) is 5.11. The van der Waals surface area contributed by atoms with Gasteiger partial charge in [-0.3, -0.25) is 9.89 Å². The summed E-state index contributed by atoms with van der Waals surface area (Å²) in [5, 5.41) is 10.4. The summed E-state index contributed by atoms with van der Waals surface area (Å²) in [7, 11) is 1.66. The van der Waals surface area contributed by atoms with Gasteiger partial charge in [0.2, 0.25) is 0 Å². The summed E-state index contributed by atoms with van der Waals surface area (Å²) in [6.45, 7) is 6.45. The molecular weight excluding hydrogens is 390 g/mol. The Morgan fingerprint density at radius 3 is 2.71 bits per heavy atom. The summed E-state index contributed by atoms with van der Waals surface area (Å²) < 4.78 is 5.39. The molecule has 31 heavy (non-hydrogen) atoms. The van der Waals surface area contributed by atoms with E-state index < -0.39 is 0 Å². The number of hydrogen-bond acceptors (Lipinski definition) is 5. The molecule has 7 nitrogen and oxygen atoms in total. The zero-order valence-corrected chi connectivity index (χ0v) is 17.9. The van der Waals surface area contributed by atoms with E-state index in [9.17, 15) is 4.79 Å². The van der Waals surface area contributed by atoms with Crippen molar-refractivity contribution in [2.24, 2.45) is 0 Å². The van der Waals surface area contributed by atoms with Crippen molar-refractivity contribution in [1.82, 2.24) is 20.4 Å². The maximum absolute atomic E-state index is 13.6. The first-order chi connectivity index (χ1) is 15.2. The van der Waals surface area contributed by atoms with Gasteiger partial charge in [0.05, 0.1) is 19.3 Å². The maximum Gasteiger partial charge on any atom is 0.255 e. The highest BCUT2D eigenvalue weighted by molar-refractivity contribution is 6.02. The second-order valence-electron chi connectivity index (χ2n) is 8.13. The highest BCUT2D eigenvalue weighted by Gasteiger charge is 2.35. The van der Waals surface area contributed by atoms with Crippen LogP contribution in [0.4, 0.5) is 5.69 Å². The zero-order chi connectivity index (χ0) is 21.4. The molecule has 1 saturated heterocycles. The normalized spacial score (nSPS) is 17.0. The second-order valence-corrected chi connectivity index (χ2v) is 8.13. The van der Waals surface area contributed by atoms with Gasteiger partial charge in [-0.05, 0) is 42.3 Å². The minimum absolute atomic E-state index is 0.0525. The number of piperazine rings is 1. The van der Waals surface area contributed by atoms with Gasteiger partial charge in [0.1, 0.15) is 5.75 Å². The second kappa shape index (κ2) is 8.07. The van der Waals surface area contributed by atoms with E-state index >= 15 is 0 Å². The average molecular weight is 418 g/mol. The van der Waals surface area contributed by atoms with Crippen LogP contribution in [-0.4, -0.2) is 54.3 Å². The fourth-order valence-electron chi connectivity index (χ4n) is 4.57. The molecule has 160 valence electrons. The minimum Gasteiger partial charge on any atom is -0.497 e. The van der Waals surface area contributed by atoms with Crippen molar-refractivity contribution in [1.29, 1.82) is 0 Å². The van der Waals surface area contributed by atoms with Crippen LogP contribution < -0.4 is 15.0 Å². The van der Waals surface area contributed by atoms with E-state index in [-0.39, 0.29) is 11.9 Å². The predicted molar refractivity (Wildman–Crippen MR) is 120 cm³/mol. The van der Waals surface area contributed by atoms with E-state index in [1.807, 2.05) is 35.4 Å². The number of amides is 1. The number of hydrogen-bond donors (Lipinski definition) is 2. The van der Waals surface area contributed by atoms with Crippen LogP contribution in [0.2, 0.25) is 0 Å². The van der Waals surface area contributed by atoms with Gasteiger partial charge >= 0.3 is 0 Å². The molecule has 2 aromatic carbocycles. The molecule has 0 bridgehead atoms. The Morgan fingerprint density at radius 2 is 1.97 bits per heavy atom. The summed E-state index contributed by atoms with van der Waals surface area (Å²) in [4.78, 5) is 17.9. The van der Waals surface area contributed by atoms with Crippen LogP contribution in [0, 0.1) is 0 Å². The van der Waals surface area contributed by atoms with Crippen molar-refractivity contribution in [3.05, 3.63) is 65.5 Å². The number of anilines is 1. The van der Waals surface area contributed by atoms with Crippen LogP contribution in [0.5, 0.6) is 5.75 Å². The largest absolute Gasteiger partial charge is 0.497 e. The van der Waals surface area contributed by atoms with Gasteiger partial charge in [-0.15, -0.1) is 0 Å². The number of H-pyrrole nitrogens is 1. The molecule has 2 N–H and O–H groups in total. The van der Waals surface area contributed by atoms with Gasteiger partial charge in [-0.2, -0.15) is 5.10 Å². The van der Waals surface area contributed by atoms with Gasteiger partial charge in [0.25, 0.3) is 5.91 Å². The Morgan fingerprint density at radius 1 is 1.13 bits per heavy atom. The van der Waals surface area contributed by atoms with E-state index in [4.69, 9.17) is 4.74 Å². The average Bonchev–Trinajstić information content (AvgIpc) is 3.47. The maximum atomic E-state index is 13.6. The van der Waals surface area contributed by atoms with E-state index in [0.717, 1.165) is 65.4 Å². The molecule has 0 unspecified atom stereocenters. The lowest BCUT2D eigenvalue weighted by Crippen LogP contribution is -2.44. The highest BCUT2D eigenvalue weighted by atomic mass is 16.5. The van der Waals surface area contributed by atoms with Crippen LogP contribution >= 0.6 is 0 Å². The van der Waals surface area contributed by atoms with Crippen molar-refractivity contribution in [3.63, 3.8) is 0 Å². The summed E-state index contributed by atoms with van der Waals surface area (Å²) in [6.07, 6.45) is 3.68. The summed E-state index contributed by atoms with van der Waals surface area (Å²) in [5.74, 6) is 0.879. The number of aromatic nitrogens is 2. The first-order valence-electron chi connectivity index (χ1n) is 10.7. The smallest absolute Gasteiger partial charge is 0.255 e. The molecule has 1 fully saturated rings. The number of rotatable bonds is 5. The summed E-state index contributed by atoms with van der Waals surface area (Å²) in [5.41, 5.74) is 6.15. The Labute approximate surface area is 182 Å². The van der Waals surface area contributed by atoms with Crippen LogP contribution in [0.25, 0.3) is 11.1 Å². The third-order valence-corrected chi connectivity index (χ3v) is 6.38. The van der Waals surface area contributed by atoms with Gasteiger partial charge in [-0.25, -0.2) is 0 Å². The summed E-state index contributed by atoms with van der Waals surface area (Å²) in [6, 6.07) is 12.1. The van der Waals surface area contributed by atoms with Gasteiger partial charge in [0.15, 0.2) is 0 Å². The number of aromatic amines is 1.